The fraction of sp³-hybridized carbons (Fsp3) is 0.0656. The van der Waals surface area contributed by atoms with Crippen LogP contribution in [-0.2, 0) is 11.8 Å². The number of fused-ring (bicyclic) bond motifs is 10. The first kappa shape index (κ1) is 38.5. The van der Waals surface area contributed by atoms with Crippen LogP contribution in [0.4, 0.5) is 0 Å². The molecule has 1 aliphatic rings. The predicted molar refractivity (Wildman–Crippen MR) is 273 cm³/mol. The van der Waals surface area contributed by atoms with Crippen molar-refractivity contribution in [2.45, 2.75) is 25.7 Å². The lowest BCUT2D eigenvalue weighted by atomic mass is 9.81. The Hall–Kier alpha value is -8.21. The molecular weight excluding hydrogens is 789 g/mol. The number of hydrogen-bond donors (Lipinski definition) is 1. The van der Waals surface area contributed by atoms with E-state index in [0.29, 0.717) is 12.3 Å². The highest BCUT2D eigenvalue weighted by atomic mass is 15.0. The molecule has 0 radical (unpaired) electrons. The molecule has 0 aliphatic heterocycles. The second-order valence-corrected chi connectivity index (χ2v) is 17.7. The van der Waals surface area contributed by atoms with E-state index in [0.717, 1.165) is 28.2 Å². The van der Waals surface area contributed by atoms with Gasteiger partial charge in [0.2, 0.25) is 0 Å². The Bertz CT molecular complexity index is 3700. The smallest absolute Gasteiger partial charge is 0.131 e. The highest BCUT2D eigenvalue weighted by Gasteiger charge is 2.39. The maximum atomic E-state index is 6.63. The third-order valence-corrected chi connectivity index (χ3v) is 13.6. The quantitative estimate of drug-likeness (QED) is 0.120. The number of nitrogens with two attached hydrogens (primary N) is 1. The van der Waals surface area contributed by atoms with E-state index >= 15 is 0 Å². The lowest BCUT2D eigenvalue weighted by Gasteiger charge is -2.23. The topological polar surface area (TPSA) is 48.2 Å². The average molecular weight is 835 g/mol. The first-order valence-electron chi connectivity index (χ1n) is 22.5. The molecule has 0 amide bonds. The molecule has 0 unspecified atom stereocenters. The van der Waals surface area contributed by atoms with Crippen molar-refractivity contribution in [1.82, 2.24) is 9.13 Å². The van der Waals surface area contributed by atoms with Gasteiger partial charge in [-0.1, -0.05) is 178 Å². The van der Waals surface area contributed by atoms with Crippen molar-refractivity contribution in [2.75, 3.05) is 0 Å². The average Bonchev–Trinajstić information content (AvgIpc) is 3.96. The summed E-state index contributed by atoms with van der Waals surface area (Å²) >= 11 is 0. The summed E-state index contributed by atoms with van der Waals surface area (Å²) in [5.74, 6) is 0.494. The zero-order valence-electron chi connectivity index (χ0n) is 36.4. The van der Waals surface area contributed by atoms with Crippen LogP contribution in [0.2, 0.25) is 0 Å². The van der Waals surface area contributed by atoms with Gasteiger partial charge >= 0.3 is 0 Å². The molecule has 310 valence electrons. The Balaban J connectivity index is 1.08. The van der Waals surface area contributed by atoms with Crippen molar-refractivity contribution in [3.8, 4) is 33.6 Å². The summed E-state index contributed by atoms with van der Waals surface area (Å²) in [5, 5.41) is 4.99. The molecule has 2 N–H and O–H groups in total. The Kier molecular flexibility index (Phi) is 9.03. The zero-order valence-corrected chi connectivity index (χ0v) is 36.4. The summed E-state index contributed by atoms with van der Waals surface area (Å²) in [5.41, 5.74) is 25.2. The third-order valence-electron chi connectivity index (χ3n) is 13.6. The molecule has 0 saturated heterocycles. The second-order valence-electron chi connectivity index (χ2n) is 17.7. The van der Waals surface area contributed by atoms with Crippen LogP contribution in [0.15, 0.2) is 223 Å². The molecule has 4 heteroatoms. The Morgan fingerprint density at radius 1 is 0.508 bits per heavy atom. The van der Waals surface area contributed by atoms with Crippen molar-refractivity contribution in [1.29, 1.82) is 0 Å². The standard InChI is InChI=1S/C61H46N4/c1-61(2)51-30-15-12-28-47(51)58-52(61)39-49(43-34-36-56-50(38-43)46-27-13-16-31-54(46)64(56)44-24-10-5-11-25-44)57-48-29-14-17-32-55(48)65(59(57)58)45-26-18-19-40(37-45)33-35-53(41-20-6-3-7-21-41)63-60(62)42-22-8-4-9-23-42/h3-32,34-39H,33H2,1-2H3,(H2,62,63)/b53-35-. The normalized spacial score (nSPS) is 13.5. The molecule has 0 bridgehead atoms. The number of amidine groups is 1. The van der Waals surface area contributed by atoms with Crippen LogP contribution in [0.25, 0.3) is 82.9 Å². The van der Waals surface area contributed by atoms with E-state index in [1.165, 1.54) is 82.6 Å². The molecule has 0 saturated carbocycles. The van der Waals surface area contributed by atoms with Crippen LogP contribution in [0, 0.1) is 0 Å². The van der Waals surface area contributed by atoms with Crippen molar-refractivity contribution in [3.05, 3.63) is 246 Å². The van der Waals surface area contributed by atoms with Crippen LogP contribution >= 0.6 is 0 Å². The molecule has 65 heavy (non-hydrogen) atoms. The number of allylic oxidation sites excluding steroid dienone is 1. The molecule has 2 aromatic heterocycles. The van der Waals surface area contributed by atoms with E-state index in [1.54, 1.807) is 0 Å². The minimum Gasteiger partial charge on any atom is -0.383 e. The molecule has 12 rings (SSSR count). The van der Waals surface area contributed by atoms with Crippen molar-refractivity contribution >= 4 is 55.1 Å². The summed E-state index contributed by atoms with van der Waals surface area (Å²) in [6, 6.07) is 76.4. The lowest BCUT2D eigenvalue weighted by molar-refractivity contribution is 0.661. The maximum Gasteiger partial charge on any atom is 0.131 e. The summed E-state index contributed by atoms with van der Waals surface area (Å²) in [6.07, 6.45) is 2.88. The molecule has 9 aromatic carbocycles. The predicted octanol–water partition coefficient (Wildman–Crippen LogP) is 14.8. The van der Waals surface area contributed by atoms with Gasteiger partial charge in [0, 0.05) is 49.5 Å². The van der Waals surface area contributed by atoms with Crippen LogP contribution in [0.5, 0.6) is 0 Å². The van der Waals surface area contributed by atoms with E-state index in [4.69, 9.17) is 10.7 Å². The van der Waals surface area contributed by atoms with Crippen LogP contribution < -0.4 is 5.73 Å². The van der Waals surface area contributed by atoms with Gasteiger partial charge in [-0.25, -0.2) is 4.99 Å². The SMILES string of the molecule is CC1(C)c2ccccc2-c2c1cc(-c1ccc3c(c1)c1ccccc1n3-c1ccccc1)c1c3ccccc3n(-c3cccc(C/C=C(\N=C(N)c4ccccc4)c4ccccc4)c3)c21. The summed E-state index contributed by atoms with van der Waals surface area (Å²) in [4.78, 5) is 5.00. The van der Waals surface area contributed by atoms with E-state index in [1.807, 2.05) is 48.5 Å². The Morgan fingerprint density at radius 2 is 1.12 bits per heavy atom. The highest BCUT2D eigenvalue weighted by Crippen LogP contribution is 2.55. The number of aromatic nitrogens is 2. The van der Waals surface area contributed by atoms with E-state index in [2.05, 4.69) is 193 Å². The number of para-hydroxylation sites is 3. The fourth-order valence-corrected chi connectivity index (χ4v) is 10.5. The van der Waals surface area contributed by atoms with Crippen molar-refractivity contribution < 1.29 is 0 Å². The van der Waals surface area contributed by atoms with E-state index < -0.39 is 0 Å². The maximum absolute atomic E-state index is 6.63. The number of rotatable bonds is 8. The number of hydrogen-bond acceptors (Lipinski definition) is 1. The van der Waals surface area contributed by atoms with Crippen LogP contribution in [0.1, 0.15) is 41.7 Å². The molecule has 4 nitrogen and oxygen atoms in total. The van der Waals surface area contributed by atoms with Crippen molar-refractivity contribution in [2.24, 2.45) is 10.7 Å². The molecule has 0 fully saturated rings. The van der Waals surface area contributed by atoms with Gasteiger partial charge in [-0.15, -0.1) is 0 Å². The largest absolute Gasteiger partial charge is 0.383 e. The minimum absolute atomic E-state index is 0.216. The first-order valence-corrected chi connectivity index (χ1v) is 22.5. The Morgan fingerprint density at radius 3 is 1.89 bits per heavy atom. The second kappa shape index (κ2) is 15.3. The van der Waals surface area contributed by atoms with E-state index in [9.17, 15) is 0 Å². The fourth-order valence-electron chi connectivity index (χ4n) is 10.5. The molecule has 1 aliphatic carbocycles. The number of nitrogens with zero attached hydrogens (tertiary/aromatic N) is 3. The number of benzene rings is 9. The molecular formula is C61H46N4. The summed E-state index contributed by atoms with van der Waals surface area (Å²) in [7, 11) is 0. The van der Waals surface area contributed by atoms with Gasteiger partial charge in [-0.2, -0.15) is 0 Å². The van der Waals surface area contributed by atoms with Gasteiger partial charge in [-0.05, 0) is 100.0 Å². The molecule has 11 aromatic rings. The minimum atomic E-state index is -0.216. The molecule has 2 heterocycles. The highest BCUT2D eigenvalue weighted by molar-refractivity contribution is 6.22. The monoisotopic (exact) mass is 834 g/mol. The molecule has 0 atom stereocenters. The summed E-state index contributed by atoms with van der Waals surface area (Å²) < 4.78 is 4.93. The van der Waals surface area contributed by atoms with Gasteiger partial charge in [0.1, 0.15) is 5.84 Å². The summed E-state index contributed by atoms with van der Waals surface area (Å²) in [6.45, 7) is 4.78. The Labute approximate surface area is 378 Å². The van der Waals surface area contributed by atoms with Crippen LogP contribution in [0.3, 0.4) is 0 Å². The van der Waals surface area contributed by atoms with Gasteiger partial charge in [0.15, 0.2) is 0 Å². The third kappa shape index (κ3) is 6.24. The van der Waals surface area contributed by atoms with Gasteiger partial charge in [0.05, 0.1) is 27.8 Å². The molecule has 0 spiro atoms. The number of aliphatic imine (C=N–C) groups is 1. The zero-order chi connectivity index (χ0) is 43.6. The van der Waals surface area contributed by atoms with Crippen LogP contribution in [-0.4, -0.2) is 15.0 Å². The van der Waals surface area contributed by atoms with Gasteiger partial charge in [-0.3, -0.25) is 0 Å². The lowest BCUT2D eigenvalue weighted by Crippen LogP contribution is -2.15. The van der Waals surface area contributed by atoms with Gasteiger partial charge < -0.3 is 14.9 Å². The first-order chi connectivity index (χ1) is 31.9. The van der Waals surface area contributed by atoms with Gasteiger partial charge in [0.25, 0.3) is 0 Å². The van der Waals surface area contributed by atoms with E-state index in [-0.39, 0.29) is 5.41 Å². The van der Waals surface area contributed by atoms with Crippen molar-refractivity contribution in [3.63, 3.8) is 0 Å².